The van der Waals surface area contributed by atoms with Gasteiger partial charge in [0.25, 0.3) is 10.2 Å². The molecule has 1 atom stereocenters. The monoisotopic (exact) mass is 240 g/mol. The maximum Gasteiger partial charge on any atom is 0.324 e. The molecule has 1 aliphatic rings. The van der Waals surface area contributed by atoms with Crippen LogP contribution in [-0.2, 0) is 14.3 Å². The number of hydrogen-bond acceptors (Lipinski definition) is 4. The van der Waals surface area contributed by atoms with Gasteiger partial charge in [0.05, 0.1) is 0 Å². The van der Waals surface area contributed by atoms with Gasteiger partial charge in [0.2, 0.25) is 6.23 Å². The first-order chi connectivity index (χ1) is 6.34. The van der Waals surface area contributed by atoms with Crippen molar-refractivity contribution in [1.29, 1.82) is 0 Å². The van der Waals surface area contributed by atoms with Gasteiger partial charge in [-0.25, -0.2) is 4.79 Å². The molecule has 8 heteroatoms. The van der Waals surface area contributed by atoms with Gasteiger partial charge < -0.3 is 4.74 Å². The summed E-state index contributed by atoms with van der Waals surface area (Å²) in [7, 11) is 0. The van der Waals surface area contributed by atoms with Crippen LogP contribution in [0.5, 0.6) is 0 Å². The first kappa shape index (κ1) is 11.1. The number of carbonyl (C=O) groups is 3. The number of rotatable bonds is 1. The highest BCUT2D eigenvalue weighted by Crippen LogP contribution is 2.28. The fourth-order valence-electron chi connectivity index (χ4n) is 0.821. The molecule has 3 amide bonds. The smallest absolute Gasteiger partial charge is 0.324 e. The zero-order valence-corrected chi connectivity index (χ0v) is 8.48. The maximum absolute atomic E-state index is 11.1. The van der Waals surface area contributed by atoms with Crippen LogP contribution in [0.2, 0.25) is 0 Å². The number of esters is 1. The fourth-order valence-corrected chi connectivity index (χ4v) is 1.11. The molecule has 2 N–H and O–H groups in total. The number of alkyl halides is 2. The summed E-state index contributed by atoms with van der Waals surface area (Å²) in [5.41, 5.74) is 0. The van der Waals surface area contributed by atoms with Gasteiger partial charge in [0, 0.05) is 6.92 Å². The van der Waals surface area contributed by atoms with Crippen molar-refractivity contribution in [2.24, 2.45) is 0 Å². The summed E-state index contributed by atoms with van der Waals surface area (Å²) in [4.78, 5) is 32.5. The lowest BCUT2D eigenvalue weighted by atomic mass is 10.3. The molecular formula is C6H6Cl2N2O4. The number of urea groups is 1. The molecule has 0 radical (unpaired) electrons. The summed E-state index contributed by atoms with van der Waals surface area (Å²) in [6.45, 7) is 1.10. The third-order valence-corrected chi connectivity index (χ3v) is 2.14. The number of ether oxygens (including phenoxy) is 1. The minimum atomic E-state index is -2.01. The molecular weight excluding hydrogens is 235 g/mol. The van der Waals surface area contributed by atoms with Crippen LogP contribution in [0.3, 0.4) is 0 Å². The number of halogens is 2. The molecule has 0 spiro atoms. The van der Waals surface area contributed by atoms with Gasteiger partial charge in [0.15, 0.2) is 0 Å². The van der Waals surface area contributed by atoms with E-state index in [9.17, 15) is 14.4 Å². The average molecular weight is 241 g/mol. The largest absolute Gasteiger partial charge is 0.438 e. The van der Waals surface area contributed by atoms with Crippen molar-refractivity contribution in [3.63, 3.8) is 0 Å². The van der Waals surface area contributed by atoms with E-state index in [-0.39, 0.29) is 0 Å². The van der Waals surface area contributed by atoms with Crippen molar-refractivity contribution < 1.29 is 19.1 Å². The van der Waals surface area contributed by atoms with E-state index in [0.717, 1.165) is 6.92 Å². The molecule has 0 aliphatic carbocycles. The Kier molecular flexibility index (Phi) is 2.86. The second-order valence-electron chi connectivity index (χ2n) is 2.54. The molecule has 1 rings (SSSR count). The van der Waals surface area contributed by atoms with Gasteiger partial charge in [-0.3, -0.25) is 20.2 Å². The molecule has 0 bridgehead atoms. The Hall–Kier alpha value is -1.01. The van der Waals surface area contributed by atoms with Crippen molar-refractivity contribution in [2.45, 2.75) is 17.5 Å². The Morgan fingerprint density at radius 3 is 2.57 bits per heavy atom. The average Bonchev–Trinajstić information content (AvgIpc) is 1.99. The molecule has 1 aliphatic heterocycles. The Morgan fingerprint density at radius 2 is 2.07 bits per heavy atom. The molecule has 78 valence electrons. The van der Waals surface area contributed by atoms with Crippen molar-refractivity contribution in [2.75, 3.05) is 0 Å². The van der Waals surface area contributed by atoms with Gasteiger partial charge in [-0.15, -0.1) is 0 Å². The van der Waals surface area contributed by atoms with Gasteiger partial charge in [-0.05, 0) is 0 Å². The standard InChI is InChI=1S/C6H6Cl2N2O4/c1-2(11)14-4-6(7,8)3(12)9-5(13)10-4/h4H,1H3,(H2,9,10,12,13). The van der Waals surface area contributed by atoms with Crippen LogP contribution < -0.4 is 10.6 Å². The molecule has 0 aromatic heterocycles. The van der Waals surface area contributed by atoms with Crippen LogP contribution in [-0.4, -0.2) is 28.5 Å². The minimum absolute atomic E-state index is 0.712. The molecule has 1 fully saturated rings. The van der Waals surface area contributed by atoms with Gasteiger partial charge >= 0.3 is 12.0 Å². The summed E-state index contributed by atoms with van der Waals surface area (Å²) in [5, 5.41) is 3.92. The fraction of sp³-hybridized carbons (Fsp3) is 0.500. The number of carbonyl (C=O) groups excluding carboxylic acids is 3. The number of nitrogens with one attached hydrogen (secondary N) is 2. The molecule has 1 heterocycles. The molecule has 0 saturated carbocycles. The van der Waals surface area contributed by atoms with E-state index in [1.54, 1.807) is 0 Å². The molecule has 0 aromatic rings. The van der Waals surface area contributed by atoms with E-state index >= 15 is 0 Å². The number of hydrogen-bond donors (Lipinski definition) is 2. The van der Waals surface area contributed by atoms with Gasteiger partial charge in [-0.2, -0.15) is 0 Å². The minimum Gasteiger partial charge on any atom is -0.438 e. The van der Waals surface area contributed by atoms with E-state index < -0.39 is 28.5 Å². The summed E-state index contributed by atoms with van der Waals surface area (Å²) < 4.78 is 2.54. The Bertz CT molecular complexity index is 302. The highest BCUT2D eigenvalue weighted by Gasteiger charge is 2.50. The topological polar surface area (TPSA) is 84.5 Å². The third kappa shape index (κ3) is 2.08. The van der Waals surface area contributed by atoms with Crippen LogP contribution in [0.15, 0.2) is 0 Å². The van der Waals surface area contributed by atoms with Crippen molar-refractivity contribution in [1.82, 2.24) is 10.6 Å². The van der Waals surface area contributed by atoms with Crippen LogP contribution in [0.25, 0.3) is 0 Å². The van der Waals surface area contributed by atoms with E-state index in [0.29, 0.717) is 0 Å². The summed E-state index contributed by atoms with van der Waals surface area (Å²) in [5.74, 6) is -1.65. The maximum atomic E-state index is 11.1. The first-order valence-electron chi connectivity index (χ1n) is 3.51. The Morgan fingerprint density at radius 1 is 1.50 bits per heavy atom. The molecule has 1 unspecified atom stereocenters. The summed E-state index contributed by atoms with van der Waals surface area (Å²) >= 11 is 11.1. The van der Waals surface area contributed by atoms with E-state index in [1.807, 2.05) is 5.32 Å². The molecule has 14 heavy (non-hydrogen) atoms. The van der Waals surface area contributed by atoms with E-state index in [4.69, 9.17) is 23.2 Å². The van der Waals surface area contributed by atoms with E-state index in [1.165, 1.54) is 0 Å². The zero-order valence-electron chi connectivity index (χ0n) is 6.97. The second-order valence-corrected chi connectivity index (χ2v) is 3.93. The zero-order chi connectivity index (χ0) is 10.9. The Labute approximate surface area is 88.9 Å². The number of imide groups is 1. The lowest BCUT2D eigenvalue weighted by molar-refractivity contribution is -0.150. The highest BCUT2D eigenvalue weighted by atomic mass is 35.5. The predicted octanol–water partition coefficient (Wildman–Crippen LogP) is -0.111. The SMILES string of the molecule is CC(=O)OC1NC(=O)NC(=O)C1(Cl)Cl. The first-order valence-corrected chi connectivity index (χ1v) is 4.26. The van der Waals surface area contributed by atoms with Crippen molar-refractivity contribution in [3.05, 3.63) is 0 Å². The van der Waals surface area contributed by atoms with Crippen LogP contribution in [0.1, 0.15) is 6.92 Å². The van der Waals surface area contributed by atoms with E-state index in [2.05, 4.69) is 10.1 Å². The summed E-state index contributed by atoms with van der Waals surface area (Å²) in [6.07, 6.45) is -1.38. The normalized spacial score (nSPS) is 24.9. The van der Waals surface area contributed by atoms with Crippen LogP contribution in [0.4, 0.5) is 4.79 Å². The van der Waals surface area contributed by atoms with Crippen molar-refractivity contribution in [3.8, 4) is 0 Å². The third-order valence-electron chi connectivity index (χ3n) is 1.41. The van der Waals surface area contributed by atoms with Crippen LogP contribution >= 0.6 is 23.2 Å². The lowest BCUT2D eigenvalue weighted by Crippen LogP contribution is -2.65. The van der Waals surface area contributed by atoms with Crippen LogP contribution in [0, 0.1) is 0 Å². The Balaban J connectivity index is 2.84. The molecule has 0 aromatic carbocycles. The second kappa shape index (κ2) is 3.62. The molecule has 1 saturated heterocycles. The van der Waals surface area contributed by atoms with Gasteiger partial charge in [-0.1, -0.05) is 23.2 Å². The van der Waals surface area contributed by atoms with Crippen molar-refractivity contribution >= 4 is 41.1 Å². The van der Waals surface area contributed by atoms with Gasteiger partial charge in [0.1, 0.15) is 0 Å². The quantitative estimate of drug-likeness (QED) is 0.495. The molecule has 6 nitrogen and oxygen atoms in total. The summed E-state index contributed by atoms with van der Waals surface area (Å²) in [6, 6.07) is -0.821. The predicted molar refractivity (Wildman–Crippen MR) is 46.7 cm³/mol. The number of amides is 3. The lowest BCUT2D eigenvalue weighted by Gasteiger charge is -2.32. The highest BCUT2D eigenvalue weighted by molar-refractivity contribution is 6.59.